The Morgan fingerprint density at radius 3 is 2.50 bits per heavy atom. The molecule has 0 aromatic carbocycles. The predicted octanol–water partition coefficient (Wildman–Crippen LogP) is 3.39. The van der Waals surface area contributed by atoms with Crippen LogP contribution >= 0.6 is 0 Å². The molecule has 2 atom stereocenters. The van der Waals surface area contributed by atoms with Gasteiger partial charge in [0.2, 0.25) is 0 Å². The molecule has 0 spiro atoms. The molecule has 1 heterocycles. The summed E-state index contributed by atoms with van der Waals surface area (Å²) in [6.07, 6.45) is 4.91. The van der Waals surface area contributed by atoms with Crippen molar-refractivity contribution >= 4 is 14.3 Å². The van der Waals surface area contributed by atoms with Gasteiger partial charge in [-0.2, -0.15) is 0 Å². The number of aliphatic hydroxyl groups is 1. The molecule has 0 saturated carbocycles. The Morgan fingerprint density at radius 1 is 1.42 bits per heavy atom. The van der Waals surface area contributed by atoms with E-state index in [0.717, 1.165) is 0 Å². The molecule has 1 aromatic rings. The average molecular weight is 356 g/mol. The number of carbonyl (C=O) groups is 1. The standard InChI is InChI=1S/C17H29NO5Si/c1-16(2,3)24(6,7)23-17(4,14-11-18-12-22-14)10-13(19)8-9-15(20)21-5/h8-9,11-13,19H,10H2,1-7H3/b9-8+/t13?,17-/m0/s1. The Bertz CT molecular complexity index is 562. The molecule has 0 aliphatic rings. The van der Waals surface area contributed by atoms with E-state index in [1.165, 1.54) is 25.7 Å². The number of oxazole rings is 1. The van der Waals surface area contributed by atoms with Crippen LogP contribution in [0.4, 0.5) is 0 Å². The third kappa shape index (κ3) is 5.29. The fourth-order valence-electron chi connectivity index (χ4n) is 2.11. The Balaban J connectivity index is 3.05. The van der Waals surface area contributed by atoms with Crippen LogP contribution in [-0.2, 0) is 19.6 Å². The third-order valence-electron chi connectivity index (χ3n) is 4.49. The normalized spacial score (nSPS) is 16.8. The molecule has 136 valence electrons. The number of methoxy groups -OCH3 is 1. The number of aromatic nitrogens is 1. The summed E-state index contributed by atoms with van der Waals surface area (Å²) in [5.74, 6) is 0.0403. The summed E-state index contributed by atoms with van der Waals surface area (Å²) in [6.45, 7) is 12.6. The van der Waals surface area contributed by atoms with E-state index >= 15 is 0 Å². The van der Waals surface area contributed by atoms with Gasteiger partial charge < -0.3 is 18.7 Å². The van der Waals surface area contributed by atoms with Crippen LogP contribution in [0.2, 0.25) is 18.1 Å². The third-order valence-corrected chi connectivity index (χ3v) is 9.07. The quantitative estimate of drug-likeness (QED) is 0.459. The molecule has 0 bridgehead atoms. The van der Waals surface area contributed by atoms with E-state index < -0.39 is 26.0 Å². The van der Waals surface area contributed by atoms with Crippen molar-refractivity contribution in [3.63, 3.8) is 0 Å². The summed E-state index contributed by atoms with van der Waals surface area (Å²) in [5, 5.41) is 10.3. The molecular formula is C17H29NO5Si. The van der Waals surface area contributed by atoms with Gasteiger partial charge in [-0.1, -0.05) is 20.8 Å². The van der Waals surface area contributed by atoms with Crippen LogP contribution in [0.25, 0.3) is 0 Å². The highest BCUT2D eigenvalue weighted by Crippen LogP contribution is 2.43. The summed E-state index contributed by atoms with van der Waals surface area (Å²) in [6, 6.07) is 0. The van der Waals surface area contributed by atoms with Gasteiger partial charge in [0.1, 0.15) is 5.60 Å². The topological polar surface area (TPSA) is 81.8 Å². The maximum absolute atomic E-state index is 11.2. The number of rotatable bonds is 7. The highest BCUT2D eigenvalue weighted by molar-refractivity contribution is 6.74. The van der Waals surface area contributed by atoms with Gasteiger partial charge in [0.05, 0.1) is 19.4 Å². The summed E-state index contributed by atoms with van der Waals surface area (Å²) < 4.78 is 16.5. The lowest BCUT2D eigenvalue weighted by Gasteiger charge is -2.43. The van der Waals surface area contributed by atoms with E-state index in [9.17, 15) is 9.90 Å². The molecule has 1 N–H and O–H groups in total. The Hall–Kier alpha value is -1.44. The largest absolute Gasteiger partial charge is 0.466 e. The van der Waals surface area contributed by atoms with Gasteiger partial charge in [-0.3, -0.25) is 0 Å². The lowest BCUT2D eigenvalue weighted by Crippen LogP contribution is -2.48. The fraction of sp³-hybridized carbons (Fsp3) is 0.647. The second-order valence-electron chi connectivity index (χ2n) is 7.61. The van der Waals surface area contributed by atoms with Crippen molar-refractivity contribution < 1.29 is 23.5 Å². The number of hydrogen-bond donors (Lipinski definition) is 1. The number of ether oxygens (including phenoxy) is 1. The minimum Gasteiger partial charge on any atom is -0.466 e. The molecular weight excluding hydrogens is 326 g/mol. The molecule has 0 radical (unpaired) electrons. The maximum atomic E-state index is 11.2. The van der Waals surface area contributed by atoms with Crippen LogP contribution in [0.5, 0.6) is 0 Å². The molecule has 1 unspecified atom stereocenters. The Labute approximate surface area is 145 Å². The first kappa shape index (κ1) is 20.6. The van der Waals surface area contributed by atoms with Crippen LogP contribution in [0.15, 0.2) is 29.2 Å². The van der Waals surface area contributed by atoms with Gasteiger partial charge in [-0.25, -0.2) is 9.78 Å². The molecule has 0 aliphatic heterocycles. The smallest absolute Gasteiger partial charge is 0.330 e. The van der Waals surface area contributed by atoms with E-state index in [0.29, 0.717) is 5.76 Å². The van der Waals surface area contributed by atoms with Crippen molar-refractivity contribution in [1.29, 1.82) is 0 Å². The lowest BCUT2D eigenvalue weighted by atomic mass is 9.96. The van der Waals surface area contributed by atoms with Crippen molar-refractivity contribution in [2.24, 2.45) is 0 Å². The fourth-order valence-corrected chi connectivity index (χ4v) is 3.73. The molecule has 0 saturated heterocycles. The lowest BCUT2D eigenvalue weighted by molar-refractivity contribution is -0.134. The first-order valence-corrected chi connectivity index (χ1v) is 10.9. The average Bonchev–Trinajstić information content (AvgIpc) is 2.97. The predicted molar refractivity (Wildman–Crippen MR) is 93.9 cm³/mol. The highest BCUT2D eigenvalue weighted by Gasteiger charge is 2.45. The van der Waals surface area contributed by atoms with Crippen LogP contribution in [0, 0.1) is 0 Å². The van der Waals surface area contributed by atoms with Crippen LogP contribution in [0.1, 0.15) is 39.9 Å². The Kier molecular flexibility index (Phi) is 6.55. The van der Waals surface area contributed by atoms with Crippen molar-refractivity contribution in [1.82, 2.24) is 4.98 Å². The molecule has 6 nitrogen and oxygen atoms in total. The highest BCUT2D eigenvalue weighted by atomic mass is 28.4. The van der Waals surface area contributed by atoms with Crippen molar-refractivity contribution in [3.05, 3.63) is 30.5 Å². The van der Waals surface area contributed by atoms with Crippen molar-refractivity contribution in [2.75, 3.05) is 7.11 Å². The van der Waals surface area contributed by atoms with Gasteiger partial charge in [-0.15, -0.1) is 0 Å². The minimum atomic E-state index is -2.13. The maximum Gasteiger partial charge on any atom is 0.330 e. The van der Waals surface area contributed by atoms with Gasteiger partial charge in [0.25, 0.3) is 0 Å². The zero-order chi connectivity index (χ0) is 18.6. The number of esters is 1. The molecule has 0 aliphatic carbocycles. The van der Waals surface area contributed by atoms with Gasteiger partial charge >= 0.3 is 5.97 Å². The minimum absolute atomic E-state index is 0.00108. The number of aliphatic hydroxyl groups excluding tert-OH is 1. The summed E-state index contributed by atoms with van der Waals surface area (Å²) in [5.41, 5.74) is -0.848. The van der Waals surface area contributed by atoms with Gasteiger partial charge in [0, 0.05) is 12.5 Å². The van der Waals surface area contributed by atoms with Crippen molar-refractivity contribution in [3.8, 4) is 0 Å². The van der Waals surface area contributed by atoms with Gasteiger partial charge in [-0.05, 0) is 31.1 Å². The number of carbonyl (C=O) groups excluding carboxylic acids is 1. The number of hydrogen-bond acceptors (Lipinski definition) is 6. The summed E-state index contributed by atoms with van der Waals surface area (Å²) in [4.78, 5) is 15.2. The van der Waals surface area contributed by atoms with Crippen LogP contribution in [0.3, 0.4) is 0 Å². The second-order valence-corrected chi connectivity index (χ2v) is 12.3. The molecule has 1 rings (SSSR count). The molecule has 24 heavy (non-hydrogen) atoms. The molecule has 0 amide bonds. The molecule has 0 fully saturated rings. The first-order valence-electron chi connectivity index (χ1n) is 7.94. The van der Waals surface area contributed by atoms with E-state index in [1.54, 1.807) is 6.20 Å². The second kappa shape index (κ2) is 7.63. The van der Waals surface area contributed by atoms with Crippen molar-refractivity contribution in [2.45, 2.75) is 64.0 Å². The van der Waals surface area contributed by atoms with Crippen LogP contribution < -0.4 is 0 Å². The first-order chi connectivity index (χ1) is 10.9. The van der Waals surface area contributed by atoms with Crippen LogP contribution in [-0.4, -0.2) is 37.6 Å². The number of nitrogens with zero attached hydrogens (tertiary/aromatic N) is 1. The summed E-state index contributed by atoms with van der Waals surface area (Å²) >= 11 is 0. The SMILES string of the molecule is COC(=O)/C=C/C(O)C[C@](C)(O[Si](C)(C)C(C)(C)C)c1cnco1. The summed E-state index contributed by atoms with van der Waals surface area (Å²) in [7, 11) is -0.840. The van der Waals surface area contributed by atoms with E-state index in [-0.39, 0.29) is 11.5 Å². The van der Waals surface area contributed by atoms with E-state index in [4.69, 9.17) is 8.84 Å². The monoisotopic (exact) mass is 355 g/mol. The Morgan fingerprint density at radius 2 is 2.04 bits per heavy atom. The molecule has 1 aromatic heterocycles. The molecule has 7 heteroatoms. The zero-order valence-corrected chi connectivity index (χ0v) is 16.6. The van der Waals surface area contributed by atoms with E-state index in [2.05, 4.69) is 43.6 Å². The zero-order valence-electron chi connectivity index (χ0n) is 15.6. The van der Waals surface area contributed by atoms with E-state index in [1.807, 2.05) is 6.92 Å². The van der Waals surface area contributed by atoms with Gasteiger partial charge in [0.15, 0.2) is 20.5 Å².